The van der Waals surface area contributed by atoms with Crippen molar-refractivity contribution in [3.05, 3.63) is 112 Å². The molecule has 0 unspecified atom stereocenters. The fraction of sp³-hybridized carbons (Fsp3) is 0.214. The Kier molecular flexibility index (Phi) is 6.62. The number of hydrogen-bond acceptors (Lipinski definition) is 3. The molecule has 1 aliphatic heterocycles. The molecule has 1 saturated heterocycles. The van der Waals surface area contributed by atoms with Crippen LogP contribution in [-0.4, -0.2) is 26.7 Å². The first-order valence-electron chi connectivity index (χ1n) is 11.5. The lowest BCUT2D eigenvalue weighted by Crippen LogP contribution is -2.29. The van der Waals surface area contributed by atoms with Crippen molar-refractivity contribution in [1.82, 2.24) is 19.8 Å². The Hall–Kier alpha value is -3.16. The molecule has 5 nitrogen and oxygen atoms in total. The highest BCUT2D eigenvalue weighted by Crippen LogP contribution is 2.42. The summed E-state index contributed by atoms with van der Waals surface area (Å²) in [6.45, 7) is 5.02. The van der Waals surface area contributed by atoms with E-state index in [1.807, 2.05) is 36.5 Å². The lowest BCUT2D eigenvalue weighted by Gasteiger charge is -2.28. The lowest BCUT2D eigenvalue weighted by atomic mass is 9.96. The summed E-state index contributed by atoms with van der Waals surface area (Å²) in [4.78, 5) is 6.97. The van der Waals surface area contributed by atoms with Gasteiger partial charge in [-0.3, -0.25) is 4.98 Å². The van der Waals surface area contributed by atoms with Crippen LogP contribution in [0.2, 0.25) is 0 Å². The van der Waals surface area contributed by atoms with Gasteiger partial charge in [-0.2, -0.15) is 0 Å². The average molecular weight is 548 g/mol. The molecule has 0 bridgehead atoms. The van der Waals surface area contributed by atoms with Gasteiger partial charge in [0.1, 0.15) is 5.75 Å². The van der Waals surface area contributed by atoms with Crippen LogP contribution in [0.1, 0.15) is 40.3 Å². The second kappa shape index (κ2) is 9.84. The van der Waals surface area contributed by atoms with Crippen LogP contribution in [0.25, 0.3) is 5.69 Å². The van der Waals surface area contributed by atoms with E-state index in [-0.39, 0.29) is 12.1 Å². The minimum atomic E-state index is -0.0601. The molecular weight excluding hydrogens is 520 g/mol. The van der Waals surface area contributed by atoms with Crippen molar-refractivity contribution in [3.8, 4) is 11.4 Å². The fourth-order valence-corrected chi connectivity index (χ4v) is 5.70. The number of pyridine rings is 1. The van der Waals surface area contributed by atoms with Gasteiger partial charge in [0.05, 0.1) is 30.6 Å². The molecule has 7 heteroatoms. The first kappa shape index (κ1) is 23.6. The number of aryl methyl sites for hydroxylation is 1. The molecule has 1 N–H and O–H groups in total. The van der Waals surface area contributed by atoms with Crippen LogP contribution in [-0.2, 0) is 6.54 Å². The molecule has 1 aliphatic rings. The first-order valence-corrected chi connectivity index (χ1v) is 12.7. The Balaban J connectivity index is 1.60. The standard InChI is InChI=1S/C28H27BrN4OS/c1-18-16-22(19(2)33(18)25-10-5-4-8-23(25)29)27-26(24-9-6-7-15-30-24)31-28(35)32(27)17-20-11-13-21(34-3)14-12-20/h4-16,26-27H,17H2,1-3H3,(H,31,35)/t26-,27-/m1/s1. The second-order valence-electron chi connectivity index (χ2n) is 8.72. The van der Waals surface area contributed by atoms with Gasteiger partial charge in [-0.05, 0) is 95.6 Å². The number of nitrogens with one attached hydrogen (secondary N) is 1. The van der Waals surface area contributed by atoms with E-state index in [4.69, 9.17) is 17.0 Å². The number of rotatable bonds is 6. The summed E-state index contributed by atoms with van der Waals surface area (Å²) in [5, 5.41) is 4.30. The monoisotopic (exact) mass is 546 g/mol. The molecule has 2 aromatic heterocycles. The van der Waals surface area contributed by atoms with Crippen LogP contribution >= 0.6 is 28.1 Å². The third-order valence-corrected chi connectivity index (χ3v) is 7.61. The van der Waals surface area contributed by atoms with Gasteiger partial charge < -0.3 is 19.5 Å². The van der Waals surface area contributed by atoms with E-state index >= 15 is 0 Å². The van der Waals surface area contributed by atoms with Gasteiger partial charge in [0.2, 0.25) is 0 Å². The number of para-hydroxylation sites is 1. The SMILES string of the molecule is COc1ccc(CN2C(=S)N[C@H](c3ccccn3)[C@H]2c2cc(C)n(-c3ccccc3Br)c2C)cc1. The number of halogens is 1. The van der Waals surface area contributed by atoms with Crippen LogP contribution in [0.5, 0.6) is 5.75 Å². The summed E-state index contributed by atoms with van der Waals surface area (Å²) < 4.78 is 8.71. The van der Waals surface area contributed by atoms with Gasteiger partial charge in [-0.15, -0.1) is 0 Å². The van der Waals surface area contributed by atoms with Gasteiger partial charge >= 0.3 is 0 Å². The molecule has 4 aromatic rings. The largest absolute Gasteiger partial charge is 0.497 e. The molecular formula is C28H27BrN4OS. The number of ether oxygens (including phenoxy) is 1. The smallest absolute Gasteiger partial charge is 0.170 e. The van der Waals surface area contributed by atoms with E-state index in [0.29, 0.717) is 6.54 Å². The Morgan fingerprint density at radius 1 is 1.03 bits per heavy atom. The van der Waals surface area contributed by atoms with Crippen LogP contribution in [0.4, 0.5) is 0 Å². The Bertz CT molecular complexity index is 1350. The average Bonchev–Trinajstić information content (AvgIpc) is 3.35. The van der Waals surface area contributed by atoms with Crippen LogP contribution in [0.3, 0.4) is 0 Å². The molecule has 0 radical (unpaired) electrons. The van der Waals surface area contributed by atoms with Crippen molar-refractivity contribution in [3.63, 3.8) is 0 Å². The molecule has 35 heavy (non-hydrogen) atoms. The molecule has 0 amide bonds. The predicted molar refractivity (Wildman–Crippen MR) is 147 cm³/mol. The van der Waals surface area contributed by atoms with Crippen molar-refractivity contribution in [1.29, 1.82) is 0 Å². The van der Waals surface area contributed by atoms with Gasteiger partial charge in [0, 0.05) is 28.6 Å². The first-order chi connectivity index (χ1) is 17.0. The van der Waals surface area contributed by atoms with Crippen LogP contribution in [0.15, 0.2) is 83.5 Å². The highest BCUT2D eigenvalue weighted by Gasteiger charge is 2.41. The number of hydrogen-bond donors (Lipinski definition) is 1. The van der Waals surface area contributed by atoms with Gasteiger partial charge in [-0.25, -0.2) is 0 Å². The zero-order chi connectivity index (χ0) is 24.5. The molecule has 3 heterocycles. The van der Waals surface area contributed by atoms with Crippen molar-refractivity contribution in [2.75, 3.05) is 7.11 Å². The van der Waals surface area contributed by atoms with Crippen molar-refractivity contribution >= 4 is 33.3 Å². The lowest BCUT2D eigenvalue weighted by molar-refractivity contribution is 0.310. The molecule has 0 aliphatic carbocycles. The van der Waals surface area contributed by atoms with Gasteiger partial charge in [0.25, 0.3) is 0 Å². The molecule has 0 saturated carbocycles. The zero-order valence-corrected chi connectivity index (χ0v) is 22.3. The number of benzene rings is 2. The Morgan fingerprint density at radius 2 is 1.77 bits per heavy atom. The number of aromatic nitrogens is 2. The van der Waals surface area contributed by atoms with E-state index in [1.54, 1.807) is 7.11 Å². The third kappa shape index (κ3) is 4.46. The predicted octanol–water partition coefficient (Wildman–Crippen LogP) is 6.43. The van der Waals surface area contributed by atoms with Crippen molar-refractivity contribution in [2.24, 2.45) is 0 Å². The number of nitrogens with zero attached hydrogens (tertiary/aromatic N) is 3. The highest BCUT2D eigenvalue weighted by molar-refractivity contribution is 9.10. The minimum Gasteiger partial charge on any atom is -0.497 e. The summed E-state index contributed by atoms with van der Waals surface area (Å²) in [7, 11) is 1.68. The van der Waals surface area contributed by atoms with Crippen LogP contribution in [0, 0.1) is 13.8 Å². The maximum atomic E-state index is 5.89. The van der Waals surface area contributed by atoms with E-state index in [2.05, 4.69) is 92.0 Å². The topological polar surface area (TPSA) is 42.3 Å². The molecule has 5 rings (SSSR count). The summed E-state index contributed by atoms with van der Waals surface area (Å²) in [6, 6.07) is 24.7. The summed E-state index contributed by atoms with van der Waals surface area (Å²) in [6.07, 6.45) is 1.84. The summed E-state index contributed by atoms with van der Waals surface area (Å²) in [5.41, 5.74) is 6.86. The maximum Gasteiger partial charge on any atom is 0.170 e. The maximum absolute atomic E-state index is 5.89. The second-order valence-corrected chi connectivity index (χ2v) is 9.96. The zero-order valence-electron chi connectivity index (χ0n) is 19.9. The summed E-state index contributed by atoms with van der Waals surface area (Å²) >= 11 is 9.62. The quantitative estimate of drug-likeness (QED) is 0.282. The summed E-state index contributed by atoms with van der Waals surface area (Å²) in [5.74, 6) is 0.843. The van der Waals surface area contributed by atoms with E-state index in [0.717, 1.165) is 26.7 Å². The normalized spacial score (nSPS) is 17.5. The highest BCUT2D eigenvalue weighted by atomic mass is 79.9. The minimum absolute atomic E-state index is 0.0121. The van der Waals surface area contributed by atoms with E-state index in [1.165, 1.54) is 22.5 Å². The Labute approximate surface area is 219 Å². The molecule has 0 spiro atoms. The molecule has 178 valence electrons. The number of thiocarbonyl (C=S) groups is 1. The molecule has 1 fully saturated rings. The van der Waals surface area contributed by atoms with Gasteiger partial charge in [-0.1, -0.05) is 30.3 Å². The molecule has 2 atom stereocenters. The van der Waals surface area contributed by atoms with E-state index < -0.39 is 0 Å². The van der Waals surface area contributed by atoms with Crippen molar-refractivity contribution < 1.29 is 4.74 Å². The van der Waals surface area contributed by atoms with Gasteiger partial charge in [0.15, 0.2) is 5.11 Å². The number of methoxy groups -OCH3 is 1. The third-order valence-electron chi connectivity index (χ3n) is 6.59. The van der Waals surface area contributed by atoms with Crippen LogP contribution < -0.4 is 10.1 Å². The fourth-order valence-electron chi connectivity index (χ4n) is 4.93. The van der Waals surface area contributed by atoms with Crippen molar-refractivity contribution in [2.45, 2.75) is 32.5 Å². The Morgan fingerprint density at radius 3 is 2.46 bits per heavy atom. The molecule has 2 aromatic carbocycles. The van der Waals surface area contributed by atoms with E-state index in [9.17, 15) is 0 Å².